The van der Waals surface area contributed by atoms with Crippen LogP contribution < -0.4 is 11.1 Å². The molecule has 0 saturated heterocycles. The molecule has 6 heteroatoms. The number of anilines is 1. The molecule has 1 aromatic rings. The van der Waals surface area contributed by atoms with Crippen molar-refractivity contribution in [2.45, 2.75) is 18.9 Å². The highest BCUT2D eigenvalue weighted by Gasteiger charge is 2.30. The van der Waals surface area contributed by atoms with Gasteiger partial charge in [-0.3, -0.25) is 10.1 Å². The molecule has 1 unspecified atom stereocenters. The number of nitrogens with two attached hydrogens (primary N) is 1. The van der Waals surface area contributed by atoms with Crippen LogP contribution >= 0.6 is 0 Å². The summed E-state index contributed by atoms with van der Waals surface area (Å²) in [4.78, 5) is 9.99. The molecule has 1 fully saturated rings. The molecule has 92 valence electrons. The van der Waals surface area contributed by atoms with Gasteiger partial charge in [-0.2, -0.15) is 0 Å². The second kappa shape index (κ2) is 4.67. The molecule has 1 aliphatic carbocycles. The highest BCUT2D eigenvalue weighted by atomic mass is 19.1. The van der Waals surface area contributed by atoms with Crippen molar-refractivity contribution in [1.29, 1.82) is 0 Å². The summed E-state index contributed by atoms with van der Waals surface area (Å²) in [5.41, 5.74) is 5.77. The average Bonchev–Trinajstić information content (AvgIpc) is 3.09. The number of nitrogens with one attached hydrogen (secondary N) is 1. The molecule has 0 aliphatic heterocycles. The Bertz CT molecular complexity index is 435. The van der Waals surface area contributed by atoms with Crippen molar-refractivity contribution in [3.8, 4) is 0 Å². The van der Waals surface area contributed by atoms with Crippen LogP contribution in [0.5, 0.6) is 0 Å². The molecule has 0 aromatic heterocycles. The molecule has 17 heavy (non-hydrogen) atoms. The second-order valence-corrected chi connectivity index (χ2v) is 4.28. The fourth-order valence-corrected chi connectivity index (χ4v) is 1.84. The van der Waals surface area contributed by atoms with Gasteiger partial charge in [0, 0.05) is 24.3 Å². The van der Waals surface area contributed by atoms with Crippen LogP contribution in [0, 0.1) is 21.8 Å². The molecule has 0 spiro atoms. The minimum atomic E-state index is -0.617. The number of nitro groups is 1. The Morgan fingerprint density at radius 1 is 1.53 bits per heavy atom. The zero-order valence-corrected chi connectivity index (χ0v) is 9.23. The van der Waals surface area contributed by atoms with Gasteiger partial charge in [-0.05, 0) is 24.8 Å². The predicted octanol–water partition coefficient (Wildman–Crippen LogP) is 1.88. The van der Waals surface area contributed by atoms with Gasteiger partial charge in [0.05, 0.1) is 11.0 Å². The molecule has 0 radical (unpaired) electrons. The first-order valence-electron chi connectivity index (χ1n) is 5.51. The van der Waals surface area contributed by atoms with Crippen LogP contribution in [0.3, 0.4) is 0 Å². The lowest BCUT2D eigenvalue weighted by atomic mass is 10.1. The standard InChI is InChI=1S/C11H14FN3O2/c12-8-3-9(5-10(4-8)15(16)17)14-11(6-13)7-1-2-7/h3-5,7,11,14H,1-2,6,13H2. The molecule has 2 rings (SSSR count). The number of non-ortho nitro benzene ring substituents is 1. The molecule has 0 amide bonds. The Labute approximate surface area is 98.0 Å². The van der Waals surface area contributed by atoms with Gasteiger partial charge in [0.1, 0.15) is 5.82 Å². The third kappa shape index (κ3) is 2.91. The van der Waals surface area contributed by atoms with Gasteiger partial charge in [0.15, 0.2) is 0 Å². The minimum Gasteiger partial charge on any atom is -0.380 e. The minimum absolute atomic E-state index is 0.0661. The number of halogens is 1. The van der Waals surface area contributed by atoms with Crippen molar-refractivity contribution < 1.29 is 9.31 Å². The molecule has 5 nitrogen and oxygen atoms in total. The second-order valence-electron chi connectivity index (χ2n) is 4.28. The van der Waals surface area contributed by atoms with Crippen molar-refractivity contribution >= 4 is 11.4 Å². The third-order valence-corrected chi connectivity index (χ3v) is 2.89. The fourth-order valence-electron chi connectivity index (χ4n) is 1.84. The van der Waals surface area contributed by atoms with Crippen molar-refractivity contribution in [2.24, 2.45) is 11.7 Å². The van der Waals surface area contributed by atoms with Gasteiger partial charge in [-0.25, -0.2) is 4.39 Å². The van der Waals surface area contributed by atoms with Crippen LogP contribution in [0.4, 0.5) is 15.8 Å². The smallest absolute Gasteiger partial charge is 0.274 e. The average molecular weight is 239 g/mol. The van der Waals surface area contributed by atoms with E-state index in [1.807, 2.05) is 0 Å². The van der Waals surface area contributed by atoms with Crippen LogP contribution in [-0.4, -0.2) is 17.5 Å². The summed E-state index contributed by atoms with van der Waals surface area (Å²) in [6.45, 7) is 0.439. The van der Waals surface area contributed by atoms with E-state index >= 15 is 0 Å². The normalized spacial score (nSPS) is 16.6. The first-order valence-corrected chi connectivity index (χ1v) is 5.51. The Morgan fingerprint density at radius 3 is 2.76 bits per heavy atom. The van der Waals surface area contributed by atoms with Gasteiger partial charge in [0.2, 0.25) is 0 Å². The van der Waals surface area contributed by atoms with Crippen molar-refractivity contribution in [3.05, 3.63) is 34.1 Å². The molecule has 3 N–H and O–H groups in total. The van der Waals surface area contributed by atoms with E-state index in [4.69, 9.17) is 5.73 Å². The highest BCUT2D eigenvalue weighted by Crippen LogP contribution is 2.34. The first kappa shape index (κ1) is 11.8. The Kier molecular flexibility index (Phi) is 3.23. The molecule has 0 bridgehead atoms. The molecule has 0 heterocycles. The van der Waals surface area contributed by atoms with Crippen LogP contribution in [0.2, 0.25) is 0 Å². The number of nitro benzene ring substituents is 1. The summed E-state index contributed by atoms with van der Waals surface area (Å²) >= 11 is 0. The monoisotopic (exact) mass is 239 g/mol. The zero-order chi connectivity index (χ0) is 12.4. The van der Waals surface area contributed by atoms with Crippen molar-refractivity contribution in [1.82, 2.24) is 0 Å². The predicted molar refractivity (Wildman–Crippen MR) is 62.2 cm³/mol. The maximum absolute atomic E-state index is 13.2. The number of nitrogens with zero attached hydrogens (tertiary/aromatic N) is 1. The molecule has 1 aliphatic rings. The van der Waals surface area contributed by atoms with E-state index in [2.05, 4.69) is 5.32 Å². The van der Waals surface area contributed by atoms with Gasteiger partial charge >= 0.3 is 0 Å². The van der Waals surface area contributed by atoms with Crippen LogP contribution in [0.1, 0.15) is 12.8 Å². The maximum atomic E-state index is 13.2. The number of hydrogen-bond donors (Lipinski definition) is 2. The van der Waals surface area contributed by atoms with Crippen LogP contribution in [0.15, 0.2) is 18.2 Å². The van der Waals surface area contributed by atoms with Gasteiger partial charge in [-0.1, -0.05) is 0 Å². The van der Waals surface area contributed by atoms with Gasteiger partial charge < -0.3 is 11.1 Å². The van der Waals surface area contributed by atoms with Crippen molar-refractivity contribution in [2.75, 3.05) is 11.9 Å². The molecule has 1 aromatic carbocycles. The number of rotatable bonds is 5. The number of benzene rings is 1. The Balaban J connectivity index is 2.16. The van der Waals surface area contributed by atoms with E-state index < -0.39 is 10.7 Å². The van der Waals surface area contributed by atoms with Gasteiger partial charge in [0.25, 0.3) is 5.69 Å². The summed E-state index contributed by atoms with van der Waals surface area (Å²) < 4.78 is 13.2. The van der Waals surface area contributed by atoms with E-state index in [9.17, 15) is 14.5 Å². The Morgan fingerprint density at radius 2 is 2.24 bits per heavy atom. The SMILES string of the molecule is NCC(Nc1cc(F)cc([N+](=O)[O-])c1)C1CC1. The third-order valence-electron chi connectivity index (χ3n) is 2.89. The van der Waals surface area contributed by atoms with E-state index in [0.717, 1.165) is 18.9 Å². The van der Waals surface area contributed by atoms with E-state index in [-0.39, 0.29) is 11.7 Å². The zero-order valence-electron chi connectivity index (χ0n) is 9.23. The topological polar surface area (TPSA) is 81.2 Å². The Hall–Kier alpha value is -1.69. The molecule has 1 saturated carbocycles. The van der Waals surface area contributed by atoms with E-state index in [1.165, 1.54) is 12.1 Å². The van der Waals surface area contributed by atoms with E-state index in [0.29, 0.717) is 18.2 Å². The highest BCUT2D eigenvalue weighted by molar-refractivity contribution is 5.52. The molecular weight excluding hydrogens is 225 g/mol. The summed E-state index contributed by atoms with van der Waals surface area (Å²) in [5, 5.41) is 13.7. The summed E-state index contributed by atoms with van der Waals surface area (Å²) in [6.07, 6.45) is 2.21. The molecule has 1 atom stereocenters. The van der Waals surface area contributed by atoms with Gasteiger partial charge in [-0.15, -0.1) is 0 Å². The summed E-state index contributed by atoms with van der Waals surface area (Å²) in [6, 6.07) is 3.54. The largest absolute Gasteiger partial charge is 0.380 e. The maximum Gasteiger partial charge on any atom is 0.274 e. The fraction of sp³-hybridized carbons (Fsp3) is 0.455. The lowest BCUT2D eigenvalue weighted by molar-refractivity contribution is -0.385. The lowest BCUT2D eigenvalue weighted by Crippen LogP contribution is -2.30. The molecular formula is C11H14FN3O2. The lowest BCUT2D eigenvalue weighted by Gasteiger charge is -2.17. The quantitative estimate of drug-likeness (QED) is 0.607. The number of hydrogen-bond acceptors (Lipinski definition) is 4. The van der Waals surface area contributed by atoms with E-state index in [1.54, 1.807) is 0 Å². The first-order chi connectivity index (χ1) is 8.10. The van der Waals surface area contributed by atoms with Crippen molar-refractivity contribution in [3.63, 3.8) is 0 Å². The van der Waals surface area contributed by atoms with Crippen LogP contribution in [0.25, 0.3) is 0 Å². The van der Waals surface area contributed by atoms with Crippen LogP contribution in [-0.2, 0) is 0 Å². The summed E-state index contributed by atoms with van der Waals surface area (Å²) in [5.74, 6) is -0.115. The summed E-state index contributed by atoms with van der Waals surface area (Å²) in [7, 11) is 0.